The van der Waals surface area contributed by atoms with E-state index >= 15 is 0 Å². The molecule has 21 heavy (non-hydrogen) atoms. The molecule has 0 unspecified atom stereocenters. The predicted octanol–water partition coefficient (Wildman–Crippen LogP) is 2.95. The molecule has 0 bridgehead atoms. The monoisotopic (exact) mass is 282 g/mol. The lowest BCUT2D eigenvalue weighted by atomic mass is 10.1. The third kappa shape index (κ3) is 3.98. The molecule has 2 aromatic carbocycles. The smallest absolute Gasteiger partial charge is 0.189 e. The van der Waals surface area contributed by atoms with Crippen molar-refractivity contribution in [1.82, 2.24) is 0 Å². The van der Waals surface area contributed by atoms with Gasteiger partial charge in [-0.25, -0.2) is 0 Å². The molecule has 0 radical (unpaired) electrons. The molecule has 3 nitrogen and oxygen atoms in total. The largest absolute Gasteiger partial charge is 0.468 e. The van der Waals surface area contributed by atoms with Crippen LogP contribution in [0, 0.1) is 17.8 Å². The molecule has 0 atom stereocenters. The number of hydrogen-bond donors (Lipinski definition) is 1. The van der Waals surface area contributed by atoms with Crippen LogP contribution in [0.15, 0.2) is 36.4 Å². The van der Waals surface area contributed by atoms with Crippen molar-refractivity contribution in [2.45, 2.75) is 12.8 Å². The standard InChI is InChI=1S/C18H18O3/c19-9-1-2-14-5-6-17-11-18(8-7-16(17)10-14)21-13-20-12-15-3-4-15/h5-8,10-11,15,19H,3-4,9,12-13H2. The number of ether oxygens (including phenoxy) is 2. The molecule has 1 N–H and O–H groups in total. The number of aliphatic hydroxyl groups is 1. The molecule has 0 aromatic heterocycles. The van der Waals surface area contributed by atoms with Gasteiger partial charge in [-0.3, -0.25) is 0 Å². The Morgan fingerprint density at radius 2 is 1.90 bits per heavy atom. The van der Waals surface area contributed by atoms with Crippen LogP contribution in [-0.2, 0) is 4.74 Å². The minimum absolute atomic E-state index is 0.119. The summed E-state index contributed by atoms with van der Waals surface area (Å²) in [5.74, 6) is 7.13. The second-order valence-electron chi connectivity index (χ2n) is 5.26. The quantitative estimate of drug-likeness (QED) is 0.520. The summed E-state index contributed by atoms with van der Waals surface area (Å²) < 4.78 is 11.1. The summed E-state index contributed by atoms with van der Waals surface area (Å²) in [7, 11) is 0. The van der Waals surface area contributed by atoms with Crippen LogP contribution >= 0.6 is 0 Å². The average molecular weight is 282 g/mol. The van der Waals surface area contributed by atoms with Crippen LogP contribution in [0.3, 0.4) is 0 Å². The Bertz CT molecular complexity index is 678. The molecule has 0 spiro atoms. The van der Waals surface area contributed by atoms with Gasteiger partial charge in [-0.1, -0.05) is 24.0 Å². The number of fused-ring (bicyclic) bond motifs is 1. The summed E-state index contributed by atoms with van der Waals surface area (Å²) in [6, 6.07) is 11.9. The summed E-state index contributed by atoms with van der Waals surface area (Å²) in [4.78, 5) is 0. The summed E-state index contributed by atoms with van der Waals surface area (Å²) in [6.45, 7) is 0.994. The maximum Gasteiger partial charge on any atom is 0.189 e. The fourth-order valence-corrected chi connectivity index (χ4v) is 2.14. The lowest BCUT2D eigenvalue weighted by Gasteiger charge is -2.08. The van der Waals surface area contributed by atoms with Gasteiger partial charge in [0.1, 0.15) is 12.4 Å². The highest BCUT2D eigenvalue weighted by atomic mass is 16.7. The van der Waals surface area contributed by atoms with Crippen molar-refractivity contribution in [2.75, 3.05) is 20.0 Å². The van der Waals surface area contributed by atoms with Crippen molar-refractivity contribution in [3.63, 3.8) is 0 Å². The minimum Gasteiger partial charge on any atom is -0.468 e. The second-order valence-corrected chi connectivity index (χ2v) is 5.26. The molecule has 0 saturated heterocycles. The van der Waals surface area contributed by atoms with E-state index in [0.29, 0.717) is 6.79 Å². The first-order valence-corrected chi connectivity index (χ1v) is 7.19. The Kier molecular flexibility index (Phi) is 4.40. The maximum atomic E-state index is 8.72. The zero-order valence-electron chi connectivity index (χ0n) is 11.8. The van der Waals surface area contributed by atoms with Gasteiger partial charge < -0.3 is 14.6 Å². The lowest BCUT2D eigenvalue weighted by molar-refractivity contribution is 0.0101. The van der Waals surface area contributed by atoms with Gasteiger partial charge in [-0.2, -0.15) is 0 Å². The third-order valence-corrected chi connectivity index (χ3v) is 3.48. The van der Waals surface area contributed by atoms with E-state index in [9.17, 15) is 0 Å². The number of aliphatic hydroxyl groups excluding tert-OH is 1. The Hall–Kier alpha value is -2.02. The van der Waals surface area contributed by atoms with Gasteiger partial charge in [0.2, 0.25) is 0 Å². The van der Waals surface area contributed by atoms with Crippen LogP contribution in [0.4, 0.5) is 0 Å². The van der Waals surface area contributed by atoms with Crippen molar-refractivity contribution < 1.29 is 14.6 Å². The molecule has 108 valence electrons. The van der Waals surface area contributed by atoms with Gasteiger partial charge in [-0.05, 0) is 53.8 Å². The topological polar surface area (TPSA) is 38.7 Å². The van der Waals surface area contributed by atoms with Crippen LogP contribution in [0.25, 0.3) is 10.8 Å². The summed E-state index contributed by atoms with van der Waals surface area (Å²) in [5, 5.41) is 10.9. The highest BCUT2D eigenvalue weighted by molar-refractivity contribution is 5.85. The Morgan fingerprint density at radius 1 is 1.10 bits per heavy atom. The van der Waals surface area contributed by atoms with Crippen molar-refractivity contribution in [2.24, 2.45) is 5.92 Å². The van der Waals surface area contributed by atoms with E-state index in [1.165, 1.54) is 12.8 Å². The molecule has 3 rings (SSSR count). The van der Waals surface area contributed by atoms with E-state index in [4.69, 9.17) is 14.6 Å². The summed E-state index contributed by atoms with van der Waals surface area (Å²) in [5.41, 5.74) is 0.901. The number of rotatable bonds is 5. The maximum absolute atomic E-state index is 8.72. The summed E-state index contributed by atoms with van der Waals surface area (Å²) in [6.07, 6.45) is 2.58. The molecule has 2 aromatic rings. The highest BCUT2D eigenvalue weighted by Gasteiger charge is 2.21. The highest BCUT2D eigenvalue weighted by Crippen LogP contribution is 2.29. The van der Waals surface area contributed by atoms with E-state index in [-0.39, 0.29) is 6.61 Å². The molecule has 0 amide bonds. The Morgan fingerprint density at radius 3 is 2.71 bits per heavy atom. The number of hydrogen-bond acceptors (Lipinski definition) is 3. The fourth-order valence-electron chi connectivity index (χ4n) is 2.14. The van der Waals surface area contributed by atoms with E-state index in [2.05, 4.69) is 11.8 Å². The van der Waals surface area contributed by atoms with E-state index in [0.717, 1.165) is 34.6 Å². The van der Waals surface area contributed by atoms with Gasteiger partial charge in [0.05, 0.1) is 6.61 Å². The molecule has 0 heterocycles. The van der Waals surface area contributed by atoms with Crippen LogP contribution in [0.5, 0.6) is 5.75 Å². The normalized spacial score (nSPS) is 13.8. The van der Waals surface area contributed by atoms with Crippen LogP contribution in [-0.4, -0.2) is 25.1 Å². The van der Waals surface area contributed by atoms with E-state index < -0.39 is 0 Å². The molecule has 3 heteroatoms. The number of benzene rings is 2. The molecule has 1 fully saturated rings. The zero-order chi connectivity index (χ0) is 14.5. The Balaban J connectivity index is 1.64. The van der Waals surface area contributed by atoms with Crippen molar-refractivity contribution >= 4 is 10.8 Å². The van der Waals surface area contributed by atoms with Crippen molar-refractivity contribution in [1.29, 1.82) is 0 Å². The first-order chi connectivity index (χ1) is 10.3. The zero-order valence-corrected chi connectivity index (χ0v) is 11.8. The predicted molar refractivity (Wildman–Crippen MR) is 82.1 cm³/mol. The van der Waals surface area contributed by atoms with Gasteiger partial charge in [-0.15, -0.1) is 0 Å². The van der Waals surface area contributed by atoms with Crippen LogP contribution < -0.4 is 4.74 Å². The Labute approximate surface area is 124 Å². The first-order valence-electron chi connectivity index (χ1n) is 7.19. The van der Waals surface area contributed by atoms with Crippen molar-refractivity contribution in [3.05, 3.63) is 42.0 Å². The first kappa shape index (κ1) is 13.9. The van der Waals surface area contributed by atoms with E-state index in [1.54, 1.807) is 0 Å². The third-order valence-electron chi connectivity index (χ3n) is 3.48. The van der Waals surface area contributed by atoms with Crippen molar-refractivity contribution in [3.8, 4) is 17.6 Å². The summed E-state index contributed by atoms with van der Waals surface area (Å²) >= 11 is 0. The lowest BCUT2D eigenvalue weighted by Crippen LogP contribution is -2.04. The van der Waals surface area contributed by atoms with Gasteiger partial charge in [0.25, 0.3) is 0 Å². The SMILES string of the molecule is OCC#Cc1ccc2cc(OCOCC3CC3)ccc2c1. The molecule has 0 aliphatic heterocycles. The molecule has 1 aliphatic carbocycles. The van der Waals surface area contributed by atoms with Gasteiger partial charge in [0, 0.05) is 5.56 Å². The second kappa shape index (κ2) is 6.62. The van der Waals surface area contributed by atoms with E-state index in [1.807, 2.05) is 36.4 Å². The van der Waals surface area contributed by atoms with Gasteiger partial charge >= 0.3 is 0 Å². The molecule has 1 aliphatic rings. The molecular weight excluding hydrogens is 264 g/mol. The van der Waals surface area contributed by atoms with Gasteiger partial charge in [0.15, 0.2) is 6.79 Å². The molecule has 1 saturated carbocycles. The van der Waals surface area contributed by atoms with Crippen LogP contribution in [0.2, 0.25) is 0 Å². The minimum atomic E-state index is -0.119. The molecular formula is C18H18O3. The average Bonchev–Trinajstić information content (AvgIpc) is 3.33. The van der Waals surface area contributed by atoms with Crippen LogP contribution in [0.1, 0.15) is 18.4 Å². The fraction of sp³-hybridized carbons (Fsp3) is 0.333.